The third kappa shape index (κ3) is 3.82. The molecule has 0 spiro atoms. The van der Waals surface area contributed by atoms with Crippen LogP contribution in [0.25, 0.3) is 5.78 Å². The molecule has 0 aliphatic heterocycles. The second-order valence-electron chi connectivity index (χ2n) is 5.64. The zero-order valence-electron chi connectivity index (χ0n) is 14.1. The van der Waals surface area contributed by atoms with Crippen molar-refractivity contribution >= 4 is 29.0 Å². The van der Waals surface area contributed by atoms with Crippen molar-refractivity contribution in [3.8, 4) is 0 Å². The lowest BCUT2D eigenvalue weighted by Gasteiger charge is -2.15. The Labute approximate surface area is 148 Å². The maximum Gasteiger partial charge on any atom is 0.378 e. The van der Waals surface area contributed by atoms with Gasteiger partial charge in [-0.3, -0.25) is 4.79 Å². The number of fused-ring (bicyclic) bond motifs is 1. The molecule has 1 amide bonds. The summed E-state index contributed by atoms with van der Waals surface area (Å²) in [5.74, 6) is -0.840. The lowest BCUT2D eigenvalue weighted by molar-refractivity contribution is -0.133. The van der Waals surface area contributed by atoms with Gasteiger partial charge in [-0.2, -0.15) is 16.3 Å². The highest BCUT2D eigenvalue weighted by Gasteiger charge is 2.19. The highest BCUT2D eigenvalue weighted by Crippen LogP contribution is 2.09. The molecule has 8 nitrogen and oxygen atoms in total. The summed E-state index contributed by atoms with van der Waals surface area (Å²) in [5.41, 5.74) is 2.62. The lowest BCUT2D eigenvalue weighted by Crippen LogP contribution is -2.30. The van der Waals surface area contributed by atoms with Gasteiger partial charge in [-0.25, -0.2) is 14.3 Å². The number of thiophene rings is 1. The van der Waals surface area contributed by atoms with Crippen molar-refractivity contribution in [1.82, 2.24) is 24.5 Å². The minimum atomic E-state index is -0.750. The fraction of sp³-hybridized carbons (Fsp3) is 0.312. The minimum absolute atomic E-state index is 0.116. The molecule has 130 valence electrons. The third-order valence-electron chi connectivity index (χ3n) is 3.55. The van der Waals surface area contributed by atoms with Gasteiger partial charge in [-0.15, -0.1) is 5.10 Å². The van der Waals surface area contributed by atoms with E-state index in [0.29, 0.717) is 12.3 Å². The van der Waals surface area contributed by atoms with Gasteiger partial charge >= 0.3 is 5.97 Å². The average molecular weight is 359 g/mol. The fourth-order valence-corrected chi connectivity index (χ4v) is 2.96. The van der Waals surface area contributed by atoms with Gasteiger partial charge in [0.2, 0.25) is 0 Å². The van der Waals surface area contributed by atoms with Gasteiger partial charge in [0.25, 0.3) is 17.5 Å². The summed E-state index contributed by atoms with van der Waals surface area (Å²) in [6.45, 7) is 3.78. The molecule has 3 aromatic heterocycles. The van der Waals surface area contributed by atoms with E-state index in [4.69, 9.17) is 4.74 Å². The van der Waals surface area contributed by atoms with Gasteiger partial charge in [0, 0.05) is 25.0 Å². The van der Waals surface area contributed by atoms with Crippen LogP contribution in [0, 0.1) is 13.8 Å². The van der Waals surface area contributed by atoms with Gasteiger partial charge in [0.05, 0.1) is 0 Å². The SMILES string of the molecule is Cc1cc(C)n2nc(C(=O)OCC(=O)N(C)Cc3ccsc3)nc2n1. The van der Waals surface area contributed by atoms with Crippen LogP contribution < -0.4 is 0 Å². The molecule has 25 heavy (non-hydrogen) atoms. The number of esters is 1. The van der Waals surface area contributed by atoms with Crippen molar-refractivity contribution in [3.63, 3.8) is 0 Å². The highest BCUT2D eigenvalue weighted by molar-refractivity contribution is 7.07. The predicted molar refractivity (Wildman–Crippen MR) is 91.3 cm³/mol. The summed E-state index contributed by atoms with van der Waals surface area (Å²) < 4.78 is 6.50. The molecule has 0 aromatic carbocycles. The second kappa shape index (κ2) is 6.98. The Morgan fingerprint density at radius 2 is 2.12 bits per heavy atom. The van der Waals surface area contributed by atoms with E-state index < -0.39 is 5.97 Å². The van der Waals surface area contributed by atoms with Crippen molar-refractivity contribution in [3.05, 3.63) is 45.7 Å². The molecule has 0 aliphatic rings. The smallest absolute Gasteiger partial charge is 0.378 e. The number of amides is 1. The minimum Gasteiger partial charge on any atom is -0.450 e. The molecule has 3 aromatic rings. The number of ether oxygens (including phenoxy) is 1. The molecule has 3 rings (SSSR count). The van der Waals surface area contributed by atoms with E-state index in [1.807, 2.05) is 36.7 Å². The zero-order valence-corrected chi connectivity index (χ0v) is 14.9. The Morgan fingerprint density at radius 3 is 2.84 bits per heavy atom. The molecule has 0 aliphatic carbocycles. The number of aryl methyl sites for hydroxylation is 2. The van der Waals surface area contributed by atoms with Crippen molar-refractivity contribution in [2.75, 3.05) is 13.7 Å². The fourth-order valence-electron chi connectivity index (χ4n) is 2.30. The van der Waals surface area contributed by atoms with E-state index >= 15 is 0 Å². The Hall–Kier alpha value is -2.81. The predicted octanol–water partition coefficient (Wildman–Crippen LogP) is 1.62. The highest BCUT2D eigenvalue weighted by atomic mass is 32.1. The quantitative estimate of drug-likeness (QED) is 0.643. The molecule has 0 unspecified atom stereocenters. The summed E-state index contributed by atoms with van der Waals surface area (Å²) in [5, 5.41) is 7.99. The van der Waals surface area contributed by atoms with Gasteiger partial charge in [0.15, 0.2) is 6.61 Å². The number of carbonyl (C=O) groups is 2. The van der Waals surface area contributed by atoms with Crippen LogP contribution in [0.4, 0.5) is 0 Å². The molecule has 0 saturated carbocycles. The summed E-state index contributed by atoms with van der Waals surface area (Å²) >= 11 is 1.56. The molecular weight excluding hydrogens is 342 g/mol. The number of hydrogen-bond acceptors (Lipinski definition) is 7. The third-order valence-corrected chi connectivity index (χ3v) is 4.29. The first kappa shape index (κ1) is 17.0. The second-order valence-corrected chi connectivity index (χ2v) is 6.42. The molecule has 3 heterocycles. The van der Waals surface area contributed by atoms with E-state index in [0.717, 1.165) is 17.0 Å². The maximum atomic E-state index is 12.1. The monoisotopic (exact) mass is 359 g/mol. The van der Waals surface area contributed by atoms with Crippen LogP contribution in [0.1, 0.15) is 27.6 Å². The van der Waals surface area contributed by atoms with Crippen LogP contribution in [0.5, 0.6) is 0 Å². The number of carbonyl (C=O) groups excluding carboxylic acids is 2. The van der Waals surface area contributed by atoms with Crippen LogP contribution in [0.15, 0.2) is 22.9 Å². The van der Waals surface area contributed by atoms with Crippen molar-refractivity contribution in [1.29, 1.82) is 0 Å². The summed E-state index contributed by atoms with van der Waals surface area (Å²) in [6, 6.07) is 3.78. The van der Waals surface area contributed by atoms with Crippen molar-refractivity contribution in [2.45, 2.75) is 20.4 Å². The standard InChI is InChI=1S/C16H17N5O3S/c1-10-6-11(2)21-16(17-10)18-14(19-21)15(23)24-8-13(22)20(3)7-12-4-5-25-9-12/h4-6,9H,7-8H2,1-3H3. The van der Waals surface area contributed by atoms with Gasteiger partial charge in [-0.1, -0.05) is 0 Å². The molecule has 0 N–H and O–H groups in total. The van der Waals surface area contributed by atoms with Crippen LogP contribution >= 0.6 is 11.3 Å². The first-order chi connectivity index (χ1) is 11.9. The summed E-state index contributed by atoms with van der Waals surface area (Å²) in [4.78, 5) is 33.9. The van der Waals surface area contributed by atoms with Crippen molar-refractivity contribution in [2.24, 2.45) is 0 Å². The van der Waals surface area contributed by atoms with E-state index in [9.17, 15) is 9.59 Å². The van der Waals surface area contributed by atoms with Crippen LogP contribution in [-0.4, -0.2) is 50.0 Å². The summed E-state index contributed by atoms with van der Waals surface area (Å²) in [6.07, 6.45) is 0. The first-order valence-electron chi connectivity index (χ1n) is 7.57. The van der Waals surface area contributed by atoms with Crippen LogP contribution in [-0.2, 0) is 16.1 Å². The topological polar surface area (TPSA) is 89.7 Å². The van der Waals surface area contributed by atoms with Crippen molar-refractivity contribution < 1.29 is 14.3 Å². The lowest BCUT2D eigenvalue weighted by atomic mass is 10.3. The molecule has 0 atom stereocenters. The normalized spacial score (nSPS) is 10.8. The van der Waals surface area contributed by atoms with E-state index in [1.165, 1.54) is 9.42 Å². The van der Waals surface area contributed by atoms with Gasteiger partial charge < -0.3 is 9.64 Å². The van der Waals surface area contributed by atoms with Gasteiger partial charge in [-0.05, 0) is 42.3 Å². The molecule has 0 fully saturated rings. The number of aromatic nitrogens is 4. The largest absolute Gasteiger partial charge is 0.450 e. The zero-order chi connectivity index (χ0) is 18.0. The number of hydrogen-bond donors (Lipinski definition) is 0. The number of nitrogens with zero attached hydrogens (tertiary/aromatic N) is 5. The van der Waals surface area contributed by atoms with Crippen LogP contribution in [0.3, 0.4) is 0 Å². The van der Waals surface area contributed by atoms with E-state index in [2.05, 4.69) is 15.1 Å². The Kier molecular flexibility index (Phi) is 4.75. The molecular formula is C16H17N5O3S. The van der Waals surface area contributed by atoms with E-state index in [1.54, 1.807) is 18.4 Å². The molecule has 0 radical (unpaired) electrons. The van der Waals surface area contributed by atoms with E-state index in [-0.39, 0.29) is 18.3 Å². The summed E-state index contributed by atoms with van der Waals surface area (Å²) in [7, 11) is 1.66. The average Bonchev–Trinajstić information content (AvgIpc) is 3.21. The Morgan fingerprint density at radius 1 is 1.32 bits per heavy atom. The Bertz CT molecular complexity index is 919. The molecule has 9 heteroatoms. The maximum absolute atomic E-state index is 12.1. The first-order valence-corrected chi connectivity index (χ1v) is 8.51. The molecule has 0 saturated heterocycles. The number of likely N-dealkylation sites (N-methyl/N-ethyl adjacent to an activating group) is 1. The molecule has 0 bridgehead atoms. The number of rotatable bonds is 5. The van der Waals surface area contributed by atoms with Crippen LogP contribution in [0.2, 0.25) is 0 Å². The van der Waals surface area contributed by atoms with Gasteiger partial charge in [0.1, 0.15) is 0 Å². The Balaban J connectivity index is 1.62.